The van der Waals surface area contributed by atoms with Crippen molar-refractivity contribution in [2.45, 2.75) is 0 Å². The molecule has 1 aromatic rings. The highest BCUT2D eigenvalue weighted by Crippen LogP contribution is 2.37. The van der Waals surface area contributed by atoms with Gasteiger partial charge in [0.2, 0.25) is 6.08 Å². The van der Waals surface area contributed by atoms with Crippen LogP contribution in [0.4, 0.5) is 5.69 Å². The van der Waals surface area contributed by atoms with Crippen LogP contribution in [-0.4, -0.2) is 11.2 Å². The minimum absolute atomic E-state index is 0.00618. The summed E-state index contributed by atoms with van der Waals surface area (Å²) in [5.74, 6) is -0.00618. The Kier molecular flexibility index (Phi) is 3.25. The van der Waals surface area contributed by atoms with E-state index in [-0.39, 0.29) is 11.4 Å². The van der Waals surface area contributed by atoms with E-state index in [9.17, 15) is 9.90 Å². The third kappa shape index (κ3) is 1.85. The fourth-order valence-corrected chi connectivity index (χ4v) is 1.53. The Morgan fingerprint density at radius 3 is 2.83 bits per heavy atom. The van der Waals surface area contributed by atoms with E-state index in [1.807, 2.05) is 22.6 Å². The van der Waals surface area contributed by atoms with Gasteiger partial charge in [0.15, 0.2) is 5.75 Å². The molecule has 0 radical (unpaired) electrons. The first kappa shape index (κ1) is 9.70. The molecule has 1 rings (SSSR count). The molecule has 3 nitrogen and oxygen atoms in total. The van der Waals surface area contributed by atoms with E-state index in [0.29, 0.717) is 8.04 Å². The van der Waals surface area contributed by atoms with Crippen LogP contribution in [0.3, 0.4) is 0 Å². The Morgan fingerprint density at radius 1 is 1.58 bits per heavy atom. The second-order valence-corrected chi connectivity index (χ2v) is 3.95. The van der Waals surface area contributed by atoms with Gasteiger partial charge in [0, 0.05) is 4.47 Å². The molecule has 0 bridgehead atoms. The molecule has 0 saturated carbocycles. The summed E-state index contributed by atoms with van der Waals surface area (Å²) in [7, 11) is 0. The van der Waals surface area contributed by atoms with E-state index in [0.717, 1.165) is 0 Å². The Balaban J connectivity index is 3.42. The number of hydrogen-bond donors (Lipinski definition) is 1. The molecule has 0 unspecified atom stereocenters. The average molecular weight is 340 g/mol. The third-order valence-corrected chi connectivity index (χ3v) is 2.72. The van der Waals surface area contributed by atoms with Gasteiger partial charge in [-0.25, -0.2) is 4.79 Å². The maximum absolute atomic E-state index is 9.96. The maximum atomic E-state index is 9.96. The predicted octanol–water partition coefficient (Wildman–Crippen LogP) is 2.73. The zero-order chi connectivity index (χ0) is 9.14. The van der Waals surface area contributed by atoms with Crippen molar-refractivity contribution in [1.82, 2.24) is 0 Å². The minimum atomic E-state index is -0.00618. The summed E-state index contributed by atoms with van der Waals surface area (Å²) in [4.78, 5) is 13.3. The first-order valence-corrected chi connectivity index (χ1v) is 4.79. The zero-order valence-electron chi connectivity index (χ0n) is 5.71. The summed E-state index contributed by atoms with van der Waals surface area (Å²) < 4.78 is 1.22. The van der Waals surface area contributed by atoms with Gasteiger partial charge in [0.05, 0.1) is 3.57 Å². The molecule has 12 heavy (non-hydrogen) atoms. The van der Waals surface area contributed by atoms with Crippen molar-refractivity contribution in [2.75, 3.05) is 0 Å². The fourth-order valence-electron chi connectivity index (χ4n) is 0.682. The Bertz CT molecular complexity index is 361. The van der Waals surface area contributed by atoms with Crippen LogP contribution < -0.4 is 0 Å². The van der Waals surface area contributed by atoms with Crippen molar-refractivity contribution in [2.24, 2.45) is 4.99 Å². The van der Waals surface area contributed by atoms with Crippen LogP contribution in [-0.2, 0) is 4.79 Å². The zero-order valence-corrected chi connectivity index (χ0v) is 9.46. The lowest BCUT2D eigenvalue weighted by atomic mass is 10.3. The van der Waals surface area contributed by atoms with Crippen molar-refractivity contribution in [1.29, 1.82) is 0 Å². The minimum Gasteiger partial charge on any atom is -0.505 e. The largest absolute Gasteiger partial charge is 0.505 e. The standard InChI is InChI=1S/C7H3BrINO2/c8-4-1-2-5(9)7(12)6(4)10-3-11/h1-2,12H. The van der Waals surface area contributed by atoms with Crippen molar-refractivity contribution in [3.63, 3.8) is 0 Å². The van der Waals surface area contributed by atoms with Crippen LogP contribution in [0.25, 0.3) is 0 Å². The van der Waals surface area contributed by atoms with Gasteiger partial charge in [-0.1, -0.05) is 0 Å². The van der Waals surface area contributed by atoms with Crippen LogP contribution in [0.5, 0.6) is 5.75 Å². The van der Waals surface area contributed by atoms with Crippen LogP contribution in [0.2, 0.25) is 0 Å². The summed E-state index contributed by atoms with van der Waals surface area (Å²) in [6, 6.07) is 3.42. The van der Waals surface area contributed by atoms with E-state index in [1.54, 1.807) is 12.1 Å². The lowest BCUT2D eigenvalue weighted by molar-refractivity contribution is 0.472. The third-order valence-electron chi connectivity index (χ3n) is 1.21. The first-order valence-electron chi connectivity index (χ1n) is 2.91. The molecule has 1 aromatic carbocycles. The Morgan fingerprint density at radius 2 is 2.25 bits per heavy atom. The topological polar surface area (TPSA) is 49.7 Å². The van der Waals surface area contributed by atoms with E-state index in [4.69, 9.17) is 0 Å². The molecule has 0 heterocycles. The molecular formula is C7H3BrINO2. The lowest BCUT2D eigenvalue weighted by Crippen LogP contribution is -1.76. The number of benzene rings is 1. The van der Waals surface area contributed by atoms with Crippen LogP contribution in [0, 0.1) is 3.57 Å². The number of phenols is 1. The van der Waals surface area contributed by atoms with Gasteiger partial charge < -0.3 is 5.11 Å². The van der Waals surface area contributed by atoms with Gasteiger partial charge in [-0.05, 0) is 50.7 Å². The maximum Gasteiger partial charge on any atom is 0.240 e. The van der Waals surface area contributed by atoms with Crippen LogP contribution in [0.15, 0.2) is 21.6 Å². The molecule has 0 amide bonds. The van der Waals surface area contributed by atoms with E-state index >= 15 is 0 Å². The molecule has 1 N–H and O–H groups in total. The molecule has 62 valence electrons. The highest BCUT2D eigenvalue weighted by atomic mass is 127. The molecule has 0 fully saturated rings. The fraction of sp³-hybridized carbons (Fsp3) is 0. The molecule has 0 aliphatic heterocycles. The predicted molar refractivity (Wildman–Crippen MR) is 56.3 cm³/mol. The molecule has 0 aliphatic rings. The van der Waals surface area contributed by atoms with E-state index < -0.39 is 0 Å². The van der Waals surface area contributed by atoms with Crippen molar-refractivity contribution >= 4 is 50.3 Å². The van der Waals surface area contributed by atoms with E-state index in [2.05, 4.69) is 20.9 Å². The smallest absolute Gasteiger partial charge is 0.240 e. The second-order valence-electron chi connectivity index (χ2n) is 1.93. The summed E-state index contributed by atoms with van der Waals surface area (Å²) in [5, 5.41) is 9.40. The number of carbonyl (C=O) groups excluding carboxylic acids is 1. The van der Waals surface area contributed by atoms with Gasteiger partial charge in [-0.15, -0.1) is 0 Å². The summed E-state index contributed by atoms with van der Waals surface area (Å²) in [5.41, 5.74) is 0.219. The van der Waals surface area contributed by atoms with Crippen LogP contribution >= 0.6 is 38.5 Å². The summed E-state index contributed by atoms with van der Waals surface area (Å²) in [6.07, 6.45) is 1.37. The first-order chi connectivity index (χ1) is 5.66. The summed E-state index contributed by atoms with van der Waals surface area (Å²) >= 11 is 5.09. The molecule has 5 heteroatoms. The molecule has 0 aliphatic carbocycles. The van der Waals surface area contributed by atoms with Gasteiger partial charge in [0.1, 0.15) is 5.69 Å². The van der Waals surface area contributed by atoms with Gasteiger partial charge in [-0.3, -0.25) is 0 Å². The average Bonchev–Trinajstić information content (AvgIpc) is 2.06. The van der Waals surface area contributed by atoms with Gasteiger partial charge in [0.25, 0.3) is 0 Å². The number of aliphatic imine (C=N–C) groups is 1. The Labute approximate surface area is 90.8 Å². The molecular weight excluding hydrogens is 337 g/mol. The van der Waals surface area contributed by atoms with E-state index in [1.165, 1.54) is 6.08 Å². The second kappa shape index (κ2) is 4.02. The molecule has 0 spiro atoms. The SMILES string of the molecule is O=C=Nc1c(Br)ccc(I)c1O. The monoisotopic (exact) mass is 339 g/mol. The molecule has 0 atom stereocenters. The number of halogens is 2. The number of rotatable bonds is 1. The molecule has 0 saturated heterocycles. The highest BCUT2D eigenvalue weighted by Gasteiger charge is 2.07. The van der Waals surface area contributed by atoms with Gasteiger partial charge >= 0.3 is 0 Å². The van der Waals surface area contributed by atoms with Gasteiger partial charge in [-0.2, -0.15) is 4.99 Å². The molecule has 0 aromatic heterocycles. The number of phenolic OH excluding ortho intramolecular Hbond substituents is 1. The number of aromatic hydroxyl groups is 1. The number of isocyanates is 1. The number of nitrogens with zero attached hydrogens (tertiary/aromatic N) is 1. The highest BCUT2D eigenvalue weighted by molar-refractivity contribution is 14.1. The van der Waals surface area contributed by atoms with Crippen molar-refractivity contribution < 1.29 is 9.90 Å². The quantitative estimate of drug-likeness (QED) is 0.486. The van der Waals surface area contributed by atoms with Crippen molar-refractivity contribution in [3.05, 3.63) is 20.2 Å². The number of hydrogen-bond acceptors (Lipinski definition) is 3. The summed E-state index contributed by atoms with van der Waals surface area (Å²) in [6.45, 7) is 0. The lowest BCUT2D eigenvalue weighted by Gasteiger charge is -2.01. The van der Waals surface area contributed by atoms with Crippen LogP contribution in [0.1, 0.15) is 0 Å². The Hall–Kier alpha value is -0.390. The normalized spacial score (nSPS) is 9.17. The van der Waals surface area contributed by atoms with Crippen molar-refractivity contribution in [3.8, 4) is 5.75 Å².